The van der Waals surface area contributed by atoms with E-state index >= 15 is 0 Å². The smallest absolute Gasteiger partial charge is 0.241 e. The summed E-state index contributed by atoms with van der Waals surface area (Å²) in [6.07, 6.45) is 2.52. The van der Waals surface area contributed by atoms with Gasteiger partial charge in [-0.3, -0.25) is 15.6 Å². The van der Waals surface area contributed by atoms with Gasteiger partial charge in [0.05, 0.1) is 15.5 Å². The van der Waals surface area contributed by atoms with Crippen molar-refractivity contribution in [2.24, 2.45) is 5.92 Å². The predicted molar refractivity (Wildman–Crippen MR) is 106 cm³/mol. The molecule has 1 aliphatic carbocycles. The molecule has 26 heavy (non-hydrogen) atoms. The first-order valence-electron chi connectivity index (χ1n) is 8.52. The van der Waals surface area contributed by atoms with Crippen molar-refractivity contribution in [1.29, 1.82) is 0 Å². The molecule has 9 heteroatoms. The molecule has 1 aliphatic rings. The Morgan fingerprint density at radius 2 is 1.73 bits per heavy atom. The topological polar surface area (TPSA) is 87.3 Å². The highest BCUT2D eigenvalue weighted by molar-refractivity contribution is 7.90. The summed E-state index contributed by atoms with van der Waals surface area (Å²) in [5.41, 5.74) is 6.03. The normalized spacial score (nSPS) is 21.3. The molecule has 1 amide bonds. The molecule has 2 rings (SSSR count). The number of nitrogens with one attached hydrogen (secondary N) is 3. The van der Waals surface area contributed by atoms with Gasteiger partial charge in [-0.2, -0.15) is 0 Å². The minimum Gasteiger partial charge on any atom is -0.297 e. The predicted octanol–water partition coefficient (Wildman–Crippen LogP) is 3.71. The van der Waals surface area contributed by atoms with Crippen molar-refractivity contribution in [2.45, 2.75) is 57.2 Å². The first-order chi connectivity index (χ1) is 12.0. The fourth-order valence-corrected chi connectivity index (χ4v) is 4.18. The van der Waals surface area contributed by atoms with Gasteiger partial charge in [0.2, 0.25) is 15.9 Å². The van der Waals surface area contributed by atoms with Crippen LogP contribution in [0.3, 0.4) is 0 Å². The van der Waals surface area contributed by atoms with Gasteiger partial charge in [-0.05, 0) is 64.7 Å². The monoisotopic (exact) mass is 421 g/mol. The van der Waals surface area contributed by atoms with Gasteiger partial charge < -0.3 is 0 Å². The van der Waals surface area contributed by atoms with Crippen LogP contribution in [0.2, 0.25) is 10.0 Å². The molecular weight excluding hydrogens is 397 g/mol. The van der Waals surface area contributed by atoms with Crippen LogP contribution in [-0.2, 0) is 14.8 Å². The molecule has 1 aromatic rings. The molecular formula is C17H25Cl2N3O3S. The van der Waals surface area contributed by atoms with E-state index in [1.807, 2.05) is 0 Å². The van der Waals surface area contributed by atoms with Gasteiger partial charge in [-0.15, -0.1) is 0 Å². The average Bonchev–Trinajstić information content (AvgIpc) is 2.53. The molecule has 0 unspecified atom stereocenters. The van der Waals surface area contributed by atoms with Crippen LogP contribution >= 0.6 is 23.2 Å². The van der Waals surface area contributed by atoms with Crippen LogP contribution < -0.4 is 15.6 Å². The van der Waals surface area contributed by atoms with Crippen molar-refractivity contribution in [3.05, 3.63) is 28.2 Å². The molecule has 0 saturated heterocycles. The number of hydrogen-bond acceptors (Lipinski definition) is 4. The third-order valence-electron chi connectivity index (χ3n) is 4.48. The molecule has 0 bridgehead atoms. The Labute approximate surface area is 165 Å². The maximum atomic E-state index is 12.3. The summed E-state index contributed by atoms with van der Waals surface area (Å²) >= 11 is 11.9. The Kier molecular flexibility index (Phi) is 6.82. The number of hydrogen-bond donors (Lipinski definition) is 3. The summed E-state index contributed by atoms with van der Waals surface area (Å²) < 4.78 is 26.4. The number of amides is 1. The number of sulfonamides is 1. The number of anilines is 1. The van der Waals surface area contributed by atoms with Crippen molar-refractivity contribution >= 4 is 44.8 Å². The molecule has 0 spiro atoms. The highest BCUT2D eigenvalue weighted by atomic mass is 35.5. The Morgan fingerprint density at radius 1 is 1.12 bits per heavy atom. The summed E-state index contributed by atoms with van der Waals surface area (Å²) in [4.78, 5) is 12.3. The Hall–Kier alpha value is -1.02. The highest BCUT2D eigenvalue weighted by Gasteiger charge is 2.34. The molecule has 0 radical (unpaired) electrons. The standard InChI is InChI=1S/C17H25Cl2N3O3S/c1-17(2,3)26(24,25)22-13-7-4-11(5-8-13)16(23)21-20-15-9-6-12(18)10-14(15)19/h6,9-11,13,20,22H,4-5,7-8H2,1-3H3,(H,21,23)/t11-,13-. The molecule has 1 saturated carbocycles. The Bertz CT molecular complexity index is 755. The highest BCUT2D eigenvalue weighted by Crippen LogP contribution is 2.27. The van der Waals surface area contributed by atoms with E-state index in [0.717, 1.165) is 0 Å². The van der Waals surface area contributed by atoms with Crippen molar-refractivity contribution in [2.75, 3.05) is 5.43 Å². The van der Waals surface area contributed by atoms with Crippen LogP contribution in [0.25, 0.3) is 0 Å². The Balaban J connectivity index is 1.83. The van der Waals surface area contributed by atoms with Gasteiger partial charge in [-0.1, -0.05) is 23.2 Å². The Morgan fingerprint density at radius 3 is 2.27 bits per heavy atom. The molecule has 0 heterocycles. The first kappa shape index (κ1) is 21.3. The molecule has 6 nitrogen and oxygen atoms in total. The quantitative estimate of drug-likeness (QED) is 0.632. The number of halogens is 2. The summed E-state index contributed by atoms with van der Waals surface area (Å²) in [5, 5.41) is 0.931. The van der Waals surface area contributed by atoms with Gasteiger partial charge in [0.25, 0.3) is 0 Å². The second-order valence-electron chi connectivity index (χ2n) is 7.52. The van der Waals surface area contributed by atoms with Crippen LogP contribution in [0.1, 0.15) is 46.5 Å². The van der Waals surface area contributed by atoms with Crippen molar-refractivity contribution < 1.29 is 13.2 Å². The lowest BCUT2D eigenvalue weighted by Gasteiger charge is -2.30. The number of hydrazine groups is 1. The van der Waals surface area contributed by atoms with Crippen LogP contribution in [0.5, 0.6) is 0 Å². The third-order valence-corrected chi connectivity index (χ3v) is 7.28. The number of carbonyl (C=O) groups excluding carboxylic acids is 1. The van der Waals surface area contributed by atoms with E-state index in [1.54, 1.807) is 39.0 Å². The third kappa shape index (κ3) is 5.49. The van der Waals surface area contributed by atoms with Crippen LogP contribution in [-0.4, -0.2) is 25.1 Å². The summed E-state index contributed by atoms with van der Waals surface area (Å²) in [6.45, 7) is 5.01. The van der Waals surface area contributed by atoms with Gasteiger partial charge in [0.15, 0.2) is 0 Å². The van der Waals surface area contributed by atoms with Crippen molar-refractivity contribution in [3.8, 4) is 0 Å². The van der Waals surface area contributed by atoms with Crippen molar-refractivity contribution in [1.82, 2.24) is 10.1 Å². The second kappa shape index (κ2) is 8.33. The van der Waals surface area contributed by atoms with Crippen LogP contribution in [0, 0.1) is 5.92 Å². The lowest BCUT2D eigenvalue weighted by molar-refractivity contribution is -0.125. The molecule has 0 aliphatic heterocycles. The minimum atomic E-state index is -3.38. The fourth-order valence-electron chi connectivity index (χ4n) is 2.69. The number of rotatable bonds is 5. The van der Waals surface area contributed by atoms with Gasteiger partial charge in [0.1, 0.15) is 0 Å². The molecule has 0 aromatic heterocycles. The van der Waals surface area contributed by atoms with Gasteiger partial charge in [-0.25, -0.2) is 13.1 Å². The van der Waals surface area contributed by atoms with Gasteiger partial charge in [0, 0.05) is 17.0 Å². The molecule has 1 fully saturated rings. The maximum Gasteiger partial charge on any atom is 0.241 e. The molecule has 0 atom stereocenters. The van der Waals surface area contributed by atoms with E-state index in [0.29, 0.717) is 41.4 Å². The van der Waals surface area contributed by atoms with E-state index in [4.69, 9.17) is 23.2 Å². The number of benzene rings is 1. The summed E-state index contributed by atoms with van der Waals surface area (Å²) in [5.74, 6) is -0.294. The zero-order valence-electron chi connectivity index (χ0n) is 15.1. The second-order valence-corrected chi connectivity index (χ2v) is 10.8. The molecule has 146 valence electrons. The SMILES string of the molecule is CC(C)(C)S(=O)(=O)N[C@H]1CC[C@H](C(=O)NNc2ccc(Cl)cc2Cl)CC1. The summed E-state index contributed by atoms with van der Waals surface area (Å²) in [7, 11) is -3.38. The lowest BCUT2D eigenvalue weighted by Crippen LogP contribution is -2.47. The van der Waals surface area contributed by atoms with E-state index in [-0.39, 0.29) is 17.9 Å². The van der Waals surface area contributed by atoms with Crippen molar-refractivity contribution in [3.63, 3.8) is 0 Å². The van der Waals surface area contributed by atoms with E-state index in [9.17, 15) is 13.2 Å². The van der Waals surface area contributed by atoms with Crippen LogP contribution in [0.15, 0.2) is 18.2 Å². The molecule has 1 aromatic carbocycles. The average molecular weight is 422 g/mol. The van der Waals surface area contributed by atoms with E-state index in [2.05, 4.69) is 15.6 Å². The maximum absolute atomic E-state index is 12.3. The van der Waals surface area contributed by atoms with E-state index < -0.39 is 14.8 Å². The largest absolute Gasteiger partial charge is 0.297 e. The minimum absolute atomic E-state index is 0.123. The zero-order valence-corrected chi connectivity index (χ0v) is 17.4. The van der Waals surface area contributed by atoms with Crippen LogP contribution in [0.4, 0.5) is 5.69 Å². The molecule has 3 N–H and O–H groups in total. The fraction of sp³-hybridized carbons (Fsp3) is 0.588. The zero-order chi connectivity index (χ0) is 19.5. The number of carbonyl (C=O) groups is 1. The lowest BCUT2D eigenvalue weighted by atomic mass is 9.86. The van der Waals surface area contributed by atoms with E-state index in [1.165, 1.54) is 0 Å². The van der Waals surface area contributed by atoms with Gasteiger partial charge >= 0.3 is 0 Å². The summed E-state index contributed by atoms with van der Waals surface area (Å²) in [6, 6.07) is 4.82. The first-order valence-corrected chi connectivity index (χ1v) is 10.8.